The number of pyridine rings is 1. The molecule has 1 heterocycles. The molecule has 3 heteroatoms. The van der Waals surface area contributed by atoms with Crippen molar-refractivity contribution < 1.29 is 4.79 Å². The van der Waals surface area contributed by atoms with Gasteiger partial charge in [0.05, 0.1) is 0 Å². The van der Waals surface area contributed by atoms with E-state index >= 15 is 0 Å². The molecule has 1 aromatic rings. The summed E-state index contributed by atoms with van der Waals surface area (Å²) in [6.07, 6.45) is 7.54. The molecule has 0 atom stereocenters. The number of rotatable bonds is 3. The van der Waals surface area contributed by atoms with Crippen LogP contribution in [0.4, 0.5) is 5.82 Å². The Morgan fingerprint density at radius 2 is 2.21 bits per heavy atom. The van der Waals surface area contributed by atoms with Gasteiger partial charge in [0.1, 0.15) is 12.1 Å². The van der Waals surface area contributed by atoms with Gasteiger partial charge in [-0.1, -0.05) is 12.8 Å². The van der Waals surface area contributed by atoms with Crippen molar-refractivity contribution in [3.05, 3.63) is 23.9 Å². The molecule has 74 valence electrons. The van der Waals surface area contributed by atoms with Crippen LogP contribution >= 0.6 is 0 Å². The fourth-order valence-corrected chi connectivity index (χ4v) is 1.88. The third kappa shape index (κ3) is 2.10. The first-order chi connectivity index (χ1) is 6.88. The molecule has 1 aliphatic rings. The number of nitrogens with zero attached hydrogens (tertiary/aromatic N) is 1. The minimum Gasteiger partial charge on any atom is -0.367 e. The Bertz CT molecular complexity index is 319. The van der Waals surface area contributed by atoms with Crippen molar-refractivity contribution in [2.75, 3.05) is 5.32 Å². The Kier molecular flexibility index (Phi) is 2.77. The maximum Gasteiger partial charge on any atom is 0.150 e. The molecule has 1 saturated carbocycles. The van der Waals surface area contributed by atoms with E-state index in [1.54, 1.807) is 18.3 Å². The van der Waals surface area contributed by atoms with Crippen LogP contribution in [0.2, 0.25) is 0 Å². The number of nitrogens with one attached hydrogen (secondary N) is 1. The minimum absolute atomic E-state index is 0.546. The summed E-state index contributed by atoms with van der Waals surface area (Å²) in [5, 5.41) is 3.35. The molecular weight excluding hydrogens is 176 g/mol. The van der Waals surface area contributed by atoms with Crippen LogP contribution in [0.5, 0.6) is 0 Å². The predicted octanol–water partition coefficient (Wildman–Crippen LogP) is 2.25. The predicted molar refractivity (Wildman–Crippen MR) is 55.5 cm³/mol. The first-order valence-electron chi connectivity index (χ1n) is 5.06. The van der Waals surface area contributed by atoms with Crippen LogP contribution in [0.25, 0.3) is 0 Å². The number of anilines is 1. The van der Waals surface area contributed by atoms with E-state index in [9.17, 15) is 4.79 Å². The Balaban J connectivity index is 2.04. The average Bonchev–Trinajstić information content (AvgIpc) is 2.71. The zero-order valence-corrected chi connectivity index (χ0v) is 8.07. The summed E-state index contributed by atoms with van der Waals surface area (Å²) < 4.78 is 0. The molecule has 14 heavy (non-hydrogen) atoms. The molecule has 0 spiro atoms. The van der Waals surface area contributed by atoms with Gasteiger partial charge in [0.15, 0.2) is 0 Å². The highest BCUT2D eigenvalue weighted by Crippen LogP contribution is 2.21. The third-order valence-electron chi connectivity index (χ3n) is 2.63. The summed E-state index contributed by atoms with van der Waals surface area (Å²) in [4.78, 5) is 14.7. The van der Waals surface area contributed by atoms with Crippen molar-refractivity contribution in [2.45, 2.75) is 31.7 Å². The molecule has 1 N–H and O–H groups in total. The van der Waals surface area contributed by atoms with Gasteiger partial charge in [0.2, 0.25) is 0 Å². The molecule has 0 saturated heterocycles. The van der Waals surface area contributed by atoms with Crippen LogP contribution in [0.3, 0.4) is 0 Å². The second-order valence-electron chi connectivity index (χ2n) is 3.72. The summed E-state index contributed by atoms with van der Waals surface area (Å²) in [5.41, 5.74) is 0.681. The largest absolute Gasteiger partial charge is 0.367 e. The Morgan fingerprint density at radius 3 is 2.93 bits per heavy atom. The highest BCUT2D eigenvalue weighted by Gasteiger charge is 2.14. The summed E-state index contributed by atoms with van der Waals surface area (Å²) in [6.45, 7) is 0. The molecule has 1 aromatic heterocycles. The molecular formula is C11H14N2O. The zero-order chi connectivity index (χ0) is 9.80. The van der Waals surface area contributed by atoms with E-state index in [0.29, 0.717) is 11.6 Å². The summed E-state index contributed by atoms with van der Waals surface area (Å²) in [7, 11) is 0. The smallest absolute Gasteiger partial charge is 0.150 e. The standard InChI is InChI=1S/C11H14N2O/c14-8-9-5-6-12-11(7-9)13-10-3-1-2-4-10/h5-8,10H,1-4H2,(H,12,13). The fourth-order valence-electron chi connectivity index (χ4n) is 1.88. The number of aldehydes is 1. The minimum atomic E-state index is 0.546. The van der Waals surface area contributed by atoms with E-state index in [1.165, 1.54) is 25.7 Å². The van der Waals surface area contributed by atoms with Crippen LogP contribution < -0.4 is 5.32 Å². The van der Waals surface area contributed by atoms with Gasteiger partial charge in [-0.15, -0.1) is 0 Å². The lowest BCUT2D eigenvalue weighted by molar-refractivity contribution is 0.112. The van der Waals surface area contributed by atoms with Gasteiger partial charge in [-0.3, -0.25) is 4.79 Å². The van der Waals surface area contributed by atoms with Crippen molar-refractivity contribution in [3.8, 4) is 0 Å². The topological polar surface area (TPSA) is 42.0 Å². The molecule has 0 radical (unpaired) electrons. The van der Waals surface area contributed by atoms with Gasteiger partial charge in [-0.2, -0.15) is 0 Å². The van der Waals surface area contributed by atoms with Crippen LogP contribution in [0.1, 0.15) is 36.0 Å². The van der Waals surface area contributed by atoms with E-state index in [4.69, 9.17) is 0 Å². The van der Waals surface area contributed by atoms with E-state index in [1.807, 2.05) is 0 Å². The van der Waals surface area contributed by atoms with Crippen LogP contribution in [0, 0.1) is 0 Å². The average molecular weight is 190 g/mol. The molecule has 3 nitrogen and oxygen atoms in total. The number of aromatic nitrogens is 1. The van der Waals surface area contributed by atoms with E-state index < -0.39 is 0 Å². The van der Waals surface area contributed by atoms with Gasteiger partial charge in [0.25, 0.3) is 0 Å². The molecule has 0 aliphatic heterocycles. The van der Waals surface area contributed by atoms with Gasteiger partial charge >= 0.3 is 0 Å². The molecule has 0 aromatic carbocycles. The fraction of sp³-hybridized carbons (Fsp3) is 0.455. The molecule has 1 aliphatic carbocycles. The number of carbonyl (C=O) groups is 1. The number of hydrogen-bond acceptors (Lipinski definition) is 3. The normalized spacial score (nSPS) is 16.9. The van der Waals surface area contributed by atoms with E-state index in [2.05, 4.69) is 10.3 Å². The lowest BCUT2D eigenvalue weighted by Gasteiger charge is -2.12. The first kappa shape index (κ1) is 9.19. The van der Waals surface area contributed by atoms with Crippen molar-refractivity contribution in [1.29, 1.82) is 0 Å². The lowest BCUT2D eigenvalue weighted by atomic mass is 10.2. The van der Waals surface area contributed by atoms with Crippen molar-refractivity contribution in [2.24, 2.45) is 0 Å². The summed E-state index contributed by atoms with van der Waals surface area (Å²) >= 11 is 0. The monoisotopic (exact) mass is 190 g/mol. The second kappa shape index (κ2) is 4.22. The molecule has 2 rings (SSSR count). The lowest BCUT2D eigenvalue weighted by Crippen LogP contribution is -2.15. The molecule has 0 unspecified atom stereocenters. The highest BCUT2D eigenvalue weighted by molar-refractivity contribution is 5.75. The molecule has 0 bridgehead atoms. The molecule has 1 fully saturated rings. The van der Waals surface area contributed by atoms with Crippen LogP contribution in [-0.4, -0.2) is 17.3 Å². The van der Waals surface area contributed by atoms with Gasteiger partial charge in [-0.25, -0.2) is 4.98 Å². The van der Waals surface area contributed by atoms with Gasteiger partial charge in [0, 0.05) is 17.8 Å². The van der Waals surface area contributed by atoms with Gasteiger partial charge in [-0.05, 0) is 25.0 Å². The van der Waals surface area contributed by atoms with Crippen LogP contribution in [-0.2, 0) is 0 Å². The van der Waals surface area contributed by atoms with Crippen molar-refractivity contribution in [3.63, 3.8) is 0 Å². The Hall–Kier alpha value is -1.38. The van der Waals surface area contributed by atoms with Crippen molar-refractivity contribution >= 4 is 12.1 Å². The molecule has 0 amide bonds. The summed E-state index contributed by atoms with van der Waals surface area (Å²) in [6, 6.07) is 4.06. The quantitative estimate of drug-likeness (QED) is 0.743. The van der Waals surface area contributed by atoms with Crippen LogP contribution in [0.15, 0.2) is 18.3 Å². The highest BCUT2D eigenvalue weighted by atomic mass is 16.1. The maximum absolute atomic E-state index is 10.5. The zero-order valence-electron chi connectivity index (χ0n) is 8.07. The Morgan fingerprint density at radius 1 is 1.43 bits per heavy atom. The third-order valence-corrected chi connectivity index (χ3v) is 2.63. The summed E-state index contributed by atoms with van der Waals surface area (Å²) in [5.74, 6) is 0.821. The first-order valence-corrected chi connectivity index (χ1v) is 5.06. The van der Waals surface area contributed by atoms with E-state index in [0.717, 1.165) is 12.1 Å². The maximum atomic E-state index is 10.5. The van der Waals surface area contributed by atoms with Crippen molar-refractivity contribution in [1.82, 2.24) is 4.98 Å². The number of hydrogen-bond donors (Lipinski definition) is 1. The SMILES string of the molecule is O=Cc1ccnc(NC2CCCC2)c1. The number of carbonyl (C=O) groups excluding carboxylic acids is 1. The van der Waals surface area contributed by atoms with E-state index in [-0.39, 0.29) is 0 Å². The second-order valence-corrected chi connectivity index (χ2v) is 3.72. The Labute approximate surface area is 83.5 Å². The van der Waals surface area contributed by atoms with Gasteiger partial charge < -0.3 is 5.32 Å².